The number of benzene rings is 1. The van der Waals surface area contributed by atoms with E-state index < -0.39 is 32.6 Å². The first-order valence-electron chi connectivity index (χ1n) is 4.54. The molecule has 0 spiro atoms. The van der Waals surface area contributed by atoms with E-state index in [1.807, 2.05) is 0 Å². The summed E-state index contributed by atoms with van der Waals surface area (Å²) in [6.45, 7) is -0.707. The van der Waals surface area contributed by atoms with Gasteiger partial charge in [-0.3, -0.25) is 4.18 Å². The summed E-state index contributed by atoms with van der Waals surface area (Å²) in [5.74, 6) is -0.566. The number of hydrogen-bond donors (Lipinski definition) is 0. The third-order valence-corrected chi connectivity index (χ3v) is 4.05. The summed E-state index contributed by atoms with van der Waals surface area (Å²) in [6, 6.07) is 5.26. The number of diazo groups is 1. The van der Waals surface area contributed by atoms with Gasteiger partial charge in [0.25, 0.3) is 0 Å². The third kappa shape index (κ3) is 4.38. The maximum Gasteiger partial charge on any atom is 0.386 e. The van der Waals surface area contributed by atoms with Gasteiger partial charge in [0.2, 0.25) is 15.8 Å². The molecule has 0 fully saturated rings. The Balaban J connectivity index is 2.84. The van der Waals surface area contributed by atoms with Gasteiger partial charge in [0, 0.05) is 6.07 Å². The van der Waals surface area contributed by atoms with Crippen LogP contribution in [-0.2, 0) is 24.4 Å². The van der Waals surface area contributed by atoms with Crippen molar-refractivity contribution in [1.29, 1.82) is 5.39 Å². The second-order valence-corrected chi connectivity index (χ2v) is 6.38. The van der Waals surface area contributed by atoms with Gasteiger partial charge in [-0.2, -0.15) is 4.21 Å². The van der Waals surface area contributed by atoms with E-state index in [1.54, 1.807) is 0 Å². The second-order valence-electron chi connectivity index (χ2n) is 3.17. The van der Waals surface area contributed by atoms with Crippen LogP contribution in [0.3, 0.4) is 0 Å². The Labute approximate surface area is 104 Å². The van der Waals surface area contributed by atoms with E-state index in [9.17, 15) is 21.4 Å². The lowest BCUT2D eigenvalue weighted by molar-refractivity contribution is 0.276. The smallest absolute Gasteiger partial charge is 0.386 e. The predicted octanol–water partition coefficient (Wildman–Crippen LogP) is 0.579. The quantitative estimate of drug-likeness (QED) is 0.337. The van der Waals surface area contributed by atoms with Gasteiger partial charge in [0.15, 0.2) is 4.98 Å². The van der Waals surface area contributed by atoms with Crippen molar-refractivity contribution < 1.29 is 25.6 Å². The molecule has 1 N–H and O–H groups in total. The van der Waals surface area contributed by atoms with Crippen molar-refractivity contribution in [2.24, 2.45) is 0 Å². The molecule has 0 aliphatic rings. The van der Waals surface area contributed by atoms with Crippen LogP contribution in [0.1, 0.15) is 0 Å². The molecule has 0 saturated heterocycles. The van der Waals surface area contributed by atoms with E-state index in [-0.39, 0.29) is 10.6 Å². The van der Waals surface area contributed by atoms with Gasteiger partial charge >= 0.3 is 15.5 Å². The summed E-state index contributed by atoms with van der Waals surface area (Å²) in [7, 11) is -8.45. The first-order chi connectivity index (χ1) is 8.24. The zero-order valence-corrected chi connectivity index (χ0v) is 10.6. The highest BCUT2D eigenvalue weighted by Crippen LogP contribution is 2.18. The second kappa shape index (κ2) is 5.40. The Hall–Kier alpha value is -1.54. The van der Waals surface area contributed by atoms with Crippen molar-refractivity contribution >= 4 is 25.9 Å². The Bertz CT molecular complexity index is 674. The van der Waals surface area contributed by atoms with Crippen molar-refractivity contribution in [2.45, 2.75) is 4.90 Å². The Morgan fingerprint density at radius 2 is 2.06 bits per heavy atom. The summed E-state index contributed by atoms with van der Waals surface area (Å²) in [5.41, 5.74) is 0.0756. The fourth-order valence-corrected chi connectivity index (χ4v) is 2.65. The summed E-state index contributed by atoms with van der Waals surface area (Å²) < 4.78 is 55.7. The van der Waals surface area contributed by atoms with Crippen LogP contribution in [0.4, 0.5) is 5.69 Å². The van der Waals surface area contributed by atoms with Crippen LogP contribution in [0.5, 0.6) is 0 Å². The molecule has 0 radical (unpaired) electrons. The molecule has 0 heterocycles. The van der Waals surface area contributed by atoms with Gasteiger partial charge in [-0.15, -0.1) is 0 Å². The summed E-state index contributed by atoms with van der Waals surface area (Å²) in [6.07, 6.45) is 0. The third-order valence-electron chi connectivity index (χ3n) is 1.89. The van der Waals surface area contributed by atoms with Crippen LogP contribution in [0.25, 0.3) is 4.98 Å². The topological polar surface area (TPSA) is 133 Å². The van der Waals surface area contributed by atoms with Gasteiger partial charge in [-0.25, -0.2) is 12.6 Å². The first kappa shape index (κ1) is 14.5. The molecule has 1 rings (SSSR count). The molecule has 98 valence electrons. The van der Waals surface area contributed by atoms with Gasteiger partial charge in [-0.1, -0.05) is 6.07 Å². The van der Waals surface area contributed by atoms with Crippen molar-refractivity contribution in [1.82, 2.24) is 0 Å². The number of nitrogens with zero attached hydrogens (tertiary/aromatic N) is 2. The van der Waals surface area contributed by atoms with Crippen molar-refractivity contribution in [2.75, 3.05) is 12.4 Å². The molecule has 0 saturated carbocycles. The maximum atomic E-state index is 11.8. The normalized spacial score (nSPS) is 14.7. The van der Waals surface area contributed by atoms with Gasteiger partial charge in [-0.05, 0) is 6.07 Å². The van der Waals surface area contributed by atoms with Crippen LogP contribution in [0, 0.1) is 5.39 Å². The SMILES string of the molecule is N#[N+]c1cccc(S(=O)(=[OH+])CCOS(=O)(=O)[O-])c1. The molecule has 8 nitrogen and oxygen atoms in total. The molecule has 0 aliphatic heterocycles. The van der Waals surface area contributed by atoms with Crippen LogP contribution in [-0.4, -0.2) is 33.7 Å². The van der Waals surface area contributed by atoms with Crippen LogP contribution < -0.4 is 0 Å². The van der Waals surface area contributed by atoms with E-state index in [4.69, 9.17) is 5.39 Å². The fraction of sp³-hybridized carbons (Fsp3) is 0.250. The average Bonchev–Trinajstić information content (AvgIpc) is 2.27. The lowest BCUT2D eigenvalue weighted by Gasteiger charge is -2.05. The molecule has 10 heteroatoms. The van der Waals surface area contributed by atoms with Crippen molar-refractivity contribution in [3.05, 3.63) is 29.2 Å². The summed E-state index contributed by atoms with van der Waals surface area (Å²) in [5, 5.41) is 8.52. The molecule has 0 aliphatic carbocycles. The molecule has 1 aromatic carbocycles. The summed E-state index contributed by atoms with van der Waals surface area (Å²) >= 11 is 0. The van der Waals surface area contributed by atoms with E-state index >= 15 is 0 Å². The van der Waals surface area contributed by atoms with Gasteiger partial charge < -0.3 is 4.55 Å². The van der Waals surface area contributed by atoms with E-state index in [0.717, 1.165) is 6.07 Å². The van der Waals surface area contributed by atoms with Crippen LogP contribution >= 0.6 is 0 Å². The van der Waals surface area contributed by atoms with Crippen LogP contribution in [0.2, 0.25) is 0 Å². The molecule has 0 aromatic heterocycles. The fourth-order valence-electron chi connectivity index (χ4n) is 1.11. The Morgan fingerprint density at radius 1 is 1.39 bits per heavy atom. The predicted molar refractivity (Wildman–Crippen MR) is 60.0 cm³/mol. The van der Waals surface area contributed by atoms with Crippen molar-refractivity contribution in [3.63, 3.8) is 0 Å². The highest BCUT2D eigenvalue weighted by Gasteiger charge is 2.23. The zero-order chi connectivity index (χ0) is 13.8. The lowest BCUT2D eigenvalue weighted by atomic mass is 10.3. The zero-order valence-electron chi connectivity index (χ0n) is 8.92. The highest BCUT2D eigenvalue weighted by molar-refractivity contribution is 7.91. The molecule has 1 aromatic rings. The van der Waals surface area contributed by atoms with Gasteiger partial charge in [0.05, 0.1) is 12.7 Å². The van der Waals surface area contributed by atoms with E-state index in [1.165, 1.54) is 18.2 Å². The number of rotatable bonds is 5. The average molecular weight is 293 g/mol. The molecule has 0 amide bonds. The summed E-state index contributed by atoms with van der Waals surface area (Å²) in [4.78, 5) is 2.80. The van der Waals surface area contributed by atoms with Crippen molar-refractivity contribution in [3.8, 4) is 0 Å². The van der Waals surface area contributed by atoms with E-state index in [0.29, 0.717) is 0 Å². The largest absolute Gasteiger partial charge is 0.726 e. The molecule has 18 heavy (non-hydrogen) atoms. The molecular formula is C8H9N2O6S2+. The lowest BCUT2D eigenvalue weighted by Crippen LogP contribution is -2.15. The Morgan fingerprint density at radius 3 is 2.61 bits per heavy atom. The molecular weight excluding hydrogens is 284 g/mol. The van der Waals surface area contributed by atoms with E-state index in [2.05, 4.69) is 9.16 Å². The maximum absolute atomic E-state index is 11.8. The highest BCUT2D eigenvalue weighted by atomic mass is 32.3. The van der Waals surface area contributed by atoms with Gasteiger partial charge in [0.1, 0.15) is 10.6 Å². The molecule has 1 unspecified atom stereocenters. The Kier molecular flexibility index (Phi) is 4.36. The minimum Gasteiger partial charge on any atom is -0.726 e. The van der Waals surface area contributed by atoms with Crippen LogP contribution in [0.15, 0.2) is 29.2 Å². The monoisotopic (exact) mass is 293 g/mol. The standard InChI is InChI=1S/C8H8N2O6S2/c9-10-7-2-1-3-8(6-7)17(11,12)5-4-16-18(13,14)15/h1-3,6H,4-5H2/p+1. The first-order valence-corrected chi connectivity index (χ1v) is 7.56. The minimum atomic E-state index is -4.89. The molecule has 1 atom stereocenters. The minimum absolute atomic E-state index is 0.0512. The number of hydrogen-bond acceptors (Lipinski definition) is 6. The molecule has 0 bridgehead atoms.